The molecule has 96 valence electrons. The molecule has 2 aliphatic rings. The first kappa shape index (κ1) is 11.8. The highest BCUT2D eigenvalue weighted by Gasteiger charge is 2.28. The van der Waals surface area contributed by atoms with E-state index in [4.69, 9.17) is 22.1 Å². The lowest BCUT2D eigenvalue weighted by Crippen LogP contribution is -2.19. The summed E-state index contributed by atoms with van der Waals surface area (Å²) in [7, 11) is 0. The number of amides is 1. The highest BCUT2D eigenvalue weighted by atomic mass is 35.5. The molecule has 1 saturated carbocycles. The van der Waals surface area contributed by atoms with Crippen molar-refractivity contribution in [3.05, 3.63) is 22.7 Å². The fraction of sp³-hybridized carbons (Fsp3) is 0.462. The standard InChI is InChI=1S/C13H15ClN2O2/c14-9-5-8-10(16-13(17)12(8)15)6-11(9)18-4-3-7-1-2-7/h5-7,12H,1-4,15H2,(H,16,17). The molecule has 1 unspecified atom stereocenters. The van der Waals surface area contributed by atoms with E-state index in [1.165, 1.54) is 12.8 Å². The molecule has 1 aliphatic carbocycles. The summed E-state index contributed by atoms with van der Waals surface area (Å²) in [6.07, 6.45) is 3.69. The number of fused-ring (bicyclic) bond motifs is 1. The summed E-state index contributed by atoms with van der Waals surface area (Å²) in [4.78, 5) is 11.4. The normalized spacial score (nSPS) is 21.7. The van der Waals surface area contributed by atoms with Crippen LogP contribution in [0, 0.1) is 5.92 Å². The third kappa shape index (κ3) is 2.18. The summed E-state index contributed by atoms with van der Waals surface area (Å²) in [6.45, 7) is 0.670. The van der Waals surface area contributed by atoms with E-state index in [2.05, 4.69) is 5.32 Å². The topological polar surface area (TPSA) is 64.4 Å². The minimum Gasteiger partial charge on any atom is -0.492 e. The van der Waals surface area contributed by atoms with E-state index in [0.29, 0.717) is 23.1 Å². The predicted octanol–water partition coefficient (Wildman–Crippen LogP) is 2.47. The lowest BCUT2D eigenvalue weighted by molar-refractivity contribution is -0.116. The van der Waals surface area contributed by atoms with Crippen LogP contribution < -0.4 is 15.8 Å². The first-order valence-corrected chi connectivity index (χ1v) is 6.55. The molecular formula is C13H15ClN2O2. The van der Waals surface area contributed by atoms with Gasteiger partial charge < -0.3 is 15.8 Å². The summed E-state index contributed by atoms with van der Waals surface area (Å²) < 4.78 is 5.66. The fourth-order valence-electron chi connectivity index (χ4n) is 2.14. The Morgan fingerprint density at radius 3 is 2.94 bits per heavy atom. The maximum absolute atomic E-state index is 11.4. The van der Waals surface area contributed by atoms with E-state index in [-0.39, 0.29) is 5.91 Å². The highest BCUT2D eigenvalue weighted by molar-refractivity contribution is 6.32. The summed E-state index contributed by atoms with van der Waals surface area (Å²) >= 11 is 6.13. The van der Waals surface area contributed by atoms with E-state index >= 15 is 0 Å². The second kappa shape index (κ2) is 4.44. The van der Waals surface area contributed by atoms with Crippen molar-refractivity contribution in [3.8, 4) is 5.75 Å². The fourth-order valence-corrected chi connectivity index (χ4v) is 2.37. The molecule has 1 aromatic carbocycles. The molecule has 0 radical (unpaired) electrons. The van der Waals surface area contributed by atoms with Crippen LogP contribution in [-0.4, -0.2) is 12.5 Å². The first-order chi connectivity index (χ1) is 8.65. The summed E-state index contributed by atoms with van der Waals surface area (Å²) in [5.41, 5.74) is 7.19. The number of hydrogen-bond donors (Lipinski definition) is 2. The summed E-state index contributed by atoms with van der Waals surface area (Å²) in [5.74, 6) is 1.24. The smallest absolute Gasteiger partial charge is 0.245 e. The number of anilines is 1. The van der Waals surface area contributed by atoms with Crippen molar-refractivity contribution in [2.45, 2.75) is 25.3 Å². The molecule has 1 heterocycles. The van der Waals surface area contributed by atoms with Gasteiger partial charge in [0, 0.05) is 17.3 Å². The molecule has 0 saturated heterocycles. The van der Waals surface area contributed by atoms with Crippen molar-refractivity contribution in [2.24, 2.45) is 11.7 Å². The van der Waals surface area contributed by atoms with Crippen molar-refractivity contribution in [1.82, 2.24) is 0 Å². The molecule has 1 aromatic rings. The number of nitrogens with two attached hydrogens (primary N) is 1. The van der Waals surface area contributed by atoms with E-state index < -0.39 is 6.04 Å². The van der Waals surface area contributed by atoms with Gasteiger partial charge in [0.1, 0.15) is 11.8 Å². The van der Waals surface area contributed by atoms with Gasteiger partial charge >= 0.3 is 0 Å². The third-order valence-corrected chi connectivity index (χ3v) is 3.76. The second-order valence-corrected chi connectivity index (χ2v) is 5.32. The van der Waals surface area contributed by atoms with Gasteiger partial charge in [-0.2, -0.15) is 0 Å². The zero-order valence-electron chi connectivity index (χ0n) is 9.91. The van der Waals surface area contributed by atoms with Crippen LogP contribution in [0.3, 0.4) is 0 Å². The number of benzene rings is 1. The molecule has 3 rings (SSSR count). The average molecular weight is 267 g/mol. The zero-order chi connectivity index (χ0) is 12.7. The van der Waals surface area contributed by atoms with Gasteiger partial charge in [0.05, 0.1) is 11.6 Å². The quantitative estimate of drug-likeness (QED) is 0.880. The molecule has 18 heavy (non-hydrogen) atoms. The van der Waals surface area contributed by atoms with Gasteiger partial charge in [-0.3, -0.25) is 4.79 Å². The van der Waals surface area contributed by atoms with Gasteiger partial charge in [-0.15, -0.1) is 0 Å². The van der Waals surface area contributed by atoms with Gasteiger partial charge in [0.25, 0.3) is 0 Å². The van der Waals surface area contributed by atoms with Crippen LogP contribution in [0.1, 0.15) is 30.9 Å². The van der Waals surface area contributed by atoms with E-state index in [1.807, 2.05) is 0 Å². The van der Waals surface area contributed by atoms with Crippen LogP contribution in [0.25, 0.3) is 0 Å². The molecule has 5 heteroatoms. The van der Waals surface area contributed by atoms with Crippen molar-refractivity contribution >= 4 is 23.2 Å². The van der Waals surface area contributed by atoms with Crippen LogP contribution in [0.5, 0.6) is 5.75 Å². The Labute approximate surface area is 110 Å². The maximum Gasteiger partial charge on any atom is 0.245 e. The Morgan fingerprint density at radius 2 is 2.22 bits per heavy atom. The molecule has 0 bridgehead atoms. The second-order valence-electron chi connectivity index (χ2n) is 4.92. The van der Waals surface area contributed by atoms with Crippen LogP contribution in [-0.2, 0) is 4.79 Å². The minimum atomic E-state index is -0.627. The van der Waals surface area contributed by atoms with E-state index in [9.17, 15) is 4.79 Å². The molecule has 1 aliphatic heterocycles. The van der Waals surface area contributed by atoms with Crippen molar-refractivity contribution in [1.29, 1.82) is 0 Å². The van der Waals surface area contributed by atoms with Gasteiger partial charge in [0.2, 0.25) is 5.91 Å². The van der Waals surface area contributed by atoms with Crippen LogP contribution >= 0.6 is 11.6 Å². The minimum absolute atomic E-state index is 0.198. The lowest BCUT2D eigenvalue weighted by Gasteiger charge is -2.10. The van der Waals surface area contributed by atoms with Crippen LogP contribution in [0.15, 0.2) is 12.1 Å². The Balaban J connectivity index is 1.75. The van der Waals surface area contributed by atoms with E-state index in [1.54, 1.807) is 12.1 Å². The Kier molecular flexibility index (Phi) is 2.92. The first-order valence-electron chi connectivity index (χ1n) is 6.18. The van der Waals surface area contributed by atoms with Gasteiger partial charge in [-0.1, -0.05) is 24.4 Å². The Bertz CT molecular complexity index is 500. The molecule has 1 atom stereocenters. The summed E-state index contributed by atoms with van der Waals surface area (Å²) in [5, 5.41) is 3.23. The molecule has 3 N–H and O–H groups in total. The molecule has 1 fully saturated rings. The Hall–Kier alpha value is -1.26. The molecule has 0 spiro atoms. The monoisotopic (exact) mass is 266 g/mol. The number of nitrogens with one attached hydrogen (secondary N) is 1. The number of ether oxygens (including phenoxy) is 1. The molecule has 0 aromatic heterocycles. The van der Waals surface area contributed by atoms with Gasteiger partial charge in [-0.25, -0.2) is 0 Å². The Morgan fingerprint density at radius 1 is 1.44 bits per heavy atom. The highest BCUT2D eigenvalue weighted by Crippen LogP contribution is 2.38. The van der Waals surface area contributed by atoms with Gasteiger partial charge in [0.15, 0.2) is 0 Å². The number of carbonyl (C=O) groups excluding carboxylic acids is 1. The number of halogens is 1. The third-order valence-electron chi connectivity index (χ3n) is 3.46. The molecule has 1 amide bonds. The summed E-state index contributed by atoms with van der Waals surface area (Å²) in [6, 6.07) is 2.85. The van der Waals surface area contributed by atoms with Crippen molar-refractivity contribution in [3.63, 3.8) is 0 Å². The lowest BCUT2D eigenvalue weighted by atomic mass is 10.1. The number of hydrogen-bond acceptors (Lipinski definition) is 3. The van der Waals surface area contributed by atoms with E-state index in [0.717, 1.165) is 17.9 Å². The number of rotatable bonds is 4. The maximum atomic E-state index is 11.4. The number of carbonyl (C=O) groups is 1. The van der Waals surface area contributed by atoms with Crippen molar-refractivity contribution < 1.29 is 9.53 Å². The average Bonchev–Trinajstić information content (AvgIpc) is 3.11. The molecular weight excluding hydrogens is 252 g/mol. The largest absolute Gasteiger partial charge is 0.492 e. The predicted molar refractivity (Wildman–Crippen MR) is 69.8 cm³/mol. The van der Waals surface area contributed by atoms with Gasteiger partial charge in [-0.05, 0) is 18.4 Å². The van der Waals surface area contributed by atoms with Crippen LogP contribution in [0.2, 0.25) is 5.02 Å². The van der Waals surface area contributed by atoms with Crippen LogP contribution in [0.4, 0.5) is 5.69 Å². The zero-order valence-corrected chi connectivity index (χ0v) is 10.7. The SMILES string of the molecule is NC1C(=O)Nc2cc(OCCC3CC3)c(Cl)cc21. The van der Waals surface area contributed by atoms with Crippen molar-refractivity contribution in [2.75, 3.05) is 11.9 Å². The molecule has 4 nitrogen and oxygen atoms in total.